The molecule has 3 aromatic rings. The second kappa shape index (κ2) is 6.36. The molecule has 1 aliphatic heterocycles. The molecule has 1 saturated heterocycles. The van der Waals surface area contributed by atoms with Gasteiger partial charge in [-0.2, -0.15) is 4.37 Å². The zero-order chi connectivity index (χ0) is 16.5. The predicted octanol–water partition coefficient (Wildman–Crippen LogP) is 3.42. The second-order valence-corrected chi connectivity index (χ2v) is 7.08. The molecule has 1 aliphatic rings. The number of para-hydroxylation sites is 2. The van der Waals surface area contributed by atoms with Crippen LogP contribution >= 0.6 is 11.5 Å². The maximum atomic E-state index is 12.5. The molecule has 0 aliphatic carbocycles. The Labute approximate surface area is 144 Å². The third-order valence-corrected chi connectivity index (χ3v) is 5.52. The number of benzene rings is 1. The van der Waals surface area contributed by atoms with Gasteiger partial charge in [-0.25, -0.2) is 4.98 Å². The lowest BCUT2D eigenvalue weighted by atomic mass is 9.93. The number of H-pyrrole nitrogens is 1. The van der Waals surface area contributed by atoms with Gasteiger partial charge < -0.3 is 9.88 Å². The van der Waals surface area contributed by atoms with Crippen molar-refractivity contribution in [3.05, 3.63) is 46.7 Å². The molecule has 0 saturated carbocycles. The Morgan fingerprint density at radius 2 is 2.12 bits per heavy atom. The number of fused-ring (bicyclic) bond motifs is 1. The number of piperidine rings is 1. The van der Waals surface area contributed by atoms with Crippen LogP contribution in [0.4, 0.5) is 0 Å². The molecule has 24 heavy (non-hydrogen) atoms. The van der Waals surface area contributed by atoms with Crippen LogP contribution in [0.25, 0.3) is 11.0 Å². The summed E-state index contributed by atoms with van der Waals surface area (Å²) in [4.78, 5) is 22.6. The lowest BCUT2D eigenvalue weighted by molar-refractivity contribution is 0.0689. The minimum absolute atomic E-state index is 0.128. The molecule has 1 N–H and O–H groups in total. The van der Waals surface area contributed by atoms with Crippen LogP contribution in [0, 0.1) is 12.8 Å². The number of aromatic nitrogens is 3. The largest absolute Gasteiger partial charge is 0.342 e. The zero-order valence-corrected chi connectivity index (χ0v) is 14.5. The number of imidazole rings is 1. The Balaban J connectivity index is 1.37. The molecular weight excluding hydrogens is 320 g/mol. The van der Waals surface area contributed by atoms with Crippen LogP contribution in [0.15, 0.2) is 29.6 Å². The van der Waals surface area contributed by atoms with Crippen molar-refractivity contribution in [3.8, 4) is 0 Å². The molecular formula is C18H20N4OS. The van der Waals surface area contributed by atoms with E-state index in [0.717, 1.165) is 60.5 Å². The van der Waals surface area contributed by atoms with Gasteiger partial charge in [0.15, 0.2) is 0 Å². The summed E-state index contributed by atoms with van der Waals surface area (Å²) in [7, 11) is 0. The Bertz CT molecular complexity index is 828. The Morgan fingerprint density at radius 3 is 2.83 bits per heavy atom. The third-order valence-electron chi connectivity index (χ3n) is 4.80. The quantitative estimate of drug-likeness (QED) is 0.794. The summed E-state index contributed by atoms with van der Waals surface area (Å²) in [5.41, 5.74) is 3.73. The van der Waals surface area contributed by atoms with Gasteiger partial charge in [0, 0.05) is 24.9 Å². The summed E-state index contributed by atoms with van der Waals surface area (Å²) in [6.45, 7) is 3.54. The van der Waals surface area contributed by atoms with Gasteiger partial charge >= 0.3 is 0 Å². The van der Waals surface area contributed by atoms with E-state index >= 15 is 0 Å². The lowest BCUT2D eigenvalue weighted by Crippen LogP contribution is -2.39. The van der Waals surface area contributed by atoms with Crippen LogP contribution in [0.5, 0.6) is 0 Å². The Kier molecular flexibility index (Phi) is 4.06. The number of carbonyl (C=O) groups is 1. The van der Waals surface area contributed by atoms with Crippen molar-refractivity contribution in [2.75, 3.05) is 13.1 Å². The van der Waals surface area contributed by atoms with E-state index in [-0.39, 0.29) is 5.91 Å². The van der Waals surface area contributed by atoms with Gasteiger partial charge in [-0.1, -0.05) is 12.1 Å². The van der Waals surface area contributed by atoms with E-state index in [4.69, 9.17) is 0 Å². The van der Waals surface area contributed by atoms with Crippen molar-refractivity contribution in [2.45, 2.75) is 26.2 Å². The van der Waals surface area contributed by atoms with Crippen molar-refractivity contribution in [1.82, 2.24) is 19.2 Å². The molecule has 4 rings (SSSR count). The van der Waals surface area contributed by atoms with Crippen molar-refractivity contribution < 1.29 is 4.79 Å². The van der Waals surface area contributed by atoms with E-state index in [1.54, 1.807) is 0 Å². The zero-order valence-electron chi connectivity index (χ0n) is 13.7. The van der Waals surface area contributed by atoms with E-state index in [1.165, 1.54) is 11.5 Å². The molecule has 0 atom stereocenters. The van der Waals surface area contributed by atoms with Gasteiger partial charge in [0.25, 0.3) is 5.91 Å². The number of hydrogen-bond donors (Lipinski definition) is 1. The molecule has 2 aromatic heterocycles. The van der Waals surface area contributed by atoms with Gasteiger partial charge in [0.1, 0.15) is 5.82 Å². The van der Waals surface area contributed by atoms with Gasteiger partial charge in [-0.05, 0) is 49.3 Å². The topological polar surface area (TPSA) is 61.9 Å². The molecule has 3 heterocycles. The van der Waals surface area contributed by atoms with Crippen LogP contribution in [-0.2, 0) is 6.42 Å². The highest BCUT2D eigenvalue weighted by molar-refractivity contribution is 7.03. The molecule has 0 spiro atoms. The minimum Gasteiger partial charge on any atom is -0.342 e. The number of carbonyl (C=O) groups excluding carboxylic acids is 1. The molecule has 0 bridgehead atoms. The highest BCUT2D eigenvalue weighted by atomic mass is 32.1. The Hall–Kier alpha value is -2.21. The fraction of sp³-hybridized carbons (Fsp3) is 0.389. The molecule has 0 radical (unpaired) electrons. The summed E-state index contributed by atoms with van der Waals surface area (Å²) in [6.07, 6.45) is 3.01. The second-order valence-electron chi connectivity index (χ2n) is 6.45. The number of aromatic amines is 1. The highest BCUT2D eigenvalue weighted by Crippen LogP contribution is 2.24. The smallest absolute Gasteiger partial charge is 0.256 e. The van der Waals surface area contributed by atoms with Crippen molar-refractivity contribution >= 4 is 28.5 Å². The van der Waals surface area contributed by atoms with Gasteiger partial charge in [-0.15, -0.1) is 0 Å². The predicted molar refractivity (Wildman–Crippen MR) is 95.3 cm³/mol. The number of nitrogens with one attached hydrogen (secondary N) is 1. The van der Waals surface area contributed by atoms with Crippen molar-refractivity contribution in [3.63, 3.8) is 0 Å². The normalized spacial score (nSPS) is 16.0. The SMILES string of the molecule is Cc1nscc1C(=O)N1CCC(Cc2nc3ccccc3[nH]2)CC1. The first-order valence-corrected chi connectivity index (χ1v) is 9.18. The molecule has 1 fully saturated rings. The number of likely N-dealkylation sites (tertiary alicyclic amines) is 1. The van der Waals surface area contributed by atoms with Crippen LogP contribution in [0.2, 0.25) is 0 Å². The third kappa shape index (κ3) is 2.94. The summed E-state index contributed by atoms with van der Waals surface area (Å²) in [5.74, 6) is 1.76. The first kappa shape index (κ1) is 15.3. The molecule has 1 aromatic carbocycles. The van der Waals surface area contributed by atoms with E-state index < -0.39 is 0 Å². The molecule has 5 nitrogen and oxygen atoms in total. The van der Waals surface area contributed by atoms with E-state index in [1.807, 2.05) is 35.4 Å². The van der Waals surface area contributed by atoms with Crippen molar-refractivity contribution in [1.29, 1.82) is 0 Å². The number of hydrogen-bond acceptors (Lipinski definition) is 4. The molecule has 6 heteroatoms. The van der Waals surface area contributed by atoms with E-state index in [0.29, 0.717) is 5.92 Å². The van der Waals surface area contributed by atoms with E-state index in [2.05, 4.69) is 20.4 Å². The lowest BCUT2D eigenvalue weighted by Gasteiger charge is -2.31. The van der Waals surface area contributed by atoms with Gasteiger partial charge in [0.05, 0.1) is 22.3 Å². The average Bonchev–Trinajstić information content (AvgIpc) is 3.20. The number of nitrogens with zero attached hydrogens (tertiary/aromatic N) is 3. The number of amides is 1. The number of aryl methyl sites for hydroxylation is 1. The average molecular weight is 340 g/mol. The van der Waals surface area contributed by atoms with Gasteiger partial charge in [-0.3, -0.25) is 4.79 Å². The molecule has 124 valence electrons. The highest BCUT2D eigenvalue weighted by Gasteiger charge is 2.25. The standard InChI is InChI=1S/C18H20N4OS/c1-12-14(11-24-21-12)18(23)22-8-6-13(7-9-22)10-17-19-15-4-2-3-5-16(15)20-17/h2-5,11,13H,6-10H2,1H3,(H,19,20). The van der Waals surface area contributed by atoms with Gasteiger partial charge in [0.2, 0.25) is 0 Å². The summed E-state index contributed by atoms with van der Waals surface area (Å²) < 4.78 is 4.21. The molecule has 1 amide bonds. The van der Waals surface area contributed by atoms with Crippen LogP contribution < -0.4 is 0 Å². The first-order chi connectivity index (χ1) is 11.7. The number of rotatable bonds is 3. The summed E-state index contributed by atoms with van der Waals surface area (Å²) in [5, 5.41) is 1.86. The minimum atomic E-state index is 0.128. The van der Waals surface area contributed by atoms with Crippen LogP contribution in [-0.4, -0.2) is 38.2 Å². The van der Waals surface area contributed by atoms with Crippen LogP contribution in [0.1, 0.15) is 34.7 Å². The Morgan fingerprint density at radius 1 is 1.33 bits per heavy atom. The fourth-order valence-electron chi connectivity index (χ4n) is 3.38. The van der Waals surface area contributed by atoms with Crippen molar-refractivity contribution in [2.24, 2.45) is 5.92 Å². The first-order valence-electron chi connectivity index (χ1n) is 8.34. The summed E-state index contributed by atoms with van der Waals surface area (Å²) >= 11 is 1.35. The molecule has 0 unspecified atom stereocenters. The maximum Gasteiger partial charge on any atom is 0.256 e. The monoisotopic (exact) mass is 340 g/mol. The summed E-state index contributed by atoms with van der Waals surface area (Å²) in [6, 6.07) is 8.13. The van der Waals surface area contributed by atoms with E-state index in [9.17, 15) is 4.79 Å². The fourth-order valence-corrected chi connectivity index (χ4v) is 4.07. The maximum absolute atomic E-state index is 12.5. The van der Waals surface area contributed by atoms with Crippen LogP contribution in [0.3, 0.4) is 0 Å².